The number of thiol groups is 2. The molecule has 0 N–H and O–H groups in total. The number of rotatable bonds is 34. The molecule has 0 aliphatic rings. The summed E-state index contributed by atoms with van der Waals surface area (Å²) in [5.74, 6) is 0.448. The van der Waals surface area contributed by atoms with Gasteiger partial charge in [-0.1, -0.05) is 181 Å². The molecular weight excluding hydrogens is 650 g/mol. The zero-order valence-electron chi connectivity index (χ0n) is 30.0. The SMILES string of the molecule is CCCCCCCCCCCCCCCCOC(=O)[CH-]CS.CCCCCCCCCCCCCCCCOC(=O)[CH-]CS.[Zn+2]. The van der Waals surface area contributed by atoms with Gasteiger partial charge in [-0.05, 0) is 12.8 Å². The van der Waals surface area contributed by atoms with Crippen LogP contribution in [-0.4, -0.2) is 36.7 Å². The second-order valence-electron chi connectivity index (χ2n) is 12.3. The summed E-state index contributed by atoms with van der Waals surface area (Å²) in [4.78, 5) is 22.1. The van der Waals surface area contributed by atoms with Gasteiger partial charge in [0.15, 0.2) is 11.9 Å². The van der Waals surface area contributed by atoms with Gasteiger partial charge >= 0.3 is 19.5 Å². The first kappa shape index (κ1) is 49.4. The molecular formula is C38H74O4S2Zn. The van der Waals surface area contributed by atoms with Crippen LogP contribution in [0.15, 0.2) is 0 Å². The van der Waals surface area contributed by atoms with E-state index in [1.807, 2.05) is 0 Å². The number of carbonyl (C=O) groups is 2. The van der Waals surface area contributed by atoms with Gasteiger partial charge in [-0.25, -0.2) is 25.3 Å². The van der Waals surface area contributed by atoms with Crippen LogP contribution >= 0.6 is 25.3 Å². The van der Waals surface area contributed by atoms with Crippen LogP contribution in [0.1, 0.15) is 194 Å². The maximum absolute atomic E-state index is 11.1. The summed E-state index contributed by atoms with van der Waals surface area (Å²) in [7, 11) is 0. The summed E-state index contributed by atoms with van der Waals surface area (Å²) >= 11 is 7.91. The molecule has 0 unspecified atom stereocenters. The van der Waals surface area contributed by atoms with Crippen molar-refractivity contribution in [2.24, 2.45) is 0 Å². The van der Waals surface area contributed by atoms with Crippen LogP contribution in [0, 0.1) is 12.8 Å². The maximum Gasteiger partial charge on any atom is 2.00 e. The monoisotopic (exact) mass is 722 g/mol. The molecule has 0 heterocycles. The molecule has 0 rings (SSSR count). The van der Waals surface area contributed by atoms with Gasteiger partial charge in [0.05, 0.1) is 13.2 Å². The van der Waals surface area contributed by atoms with Crippen LogP contribution in [0.2, 0.25) is 0 Å². The largest absolute Gasteiger partial charge is 2.00 e. The van der Waals surface area contributed by atoms with Crippen molar-refractivity contribution >= 4 is 37.2 Å². The Balaban J connectivity index is -0.000000767. The van der Waals surface area contributed by atoms with E-state index in [-0.39, 0.29) is 31.4 Å². The predicted octanol–water partition coefficient (Wildman–Crippen LogP) is 12.3. The fraction of sp³-hybridized carbons (Fsp3) is 0.895. The smallest absolute Gasteiger partial charge is 0.488 e. The summed E-state index contributed by atoms with van der Waals surface area (Å²) in [6, 6.07) is 0. The normalized spacial score (nSPS) is 10.4. The summed E-state index contributed by atoms with van der Waals surface area (Å²) in [5.41, 5.74) is 0. The summed E-state index contributed by atoms with van der Waals surface area (Å²) < 4.78 is 10.1. The standard InChI is InChI=1S/2C19H37O2S.Zn/c2*1-2-3-4-5-6-7-8-9-10-11-12-13-14-15-17-21-19(20)16-18-22;/h2*16,22H,2-15,17-18H2,1H3;/q2*-1;+2. The van der Waals surface area contributed by atoms with Crippen molar-refractivity contribution in [1.82, 2.24) is 0 Å². The van der Waals surface area contributed by atoms with Crippen molar-refractivity contribution in [3.63, 3.8) is 0 Å². The molecule has 0 amide bonds. The number of hydrogen-bond donors (Lipinski definition) is 2. The van der Waals surface area contributed by atoms with Gasteiger partial charge < -0.3 is 9.47 Å². The Morgan fingerprint density at radius 2 is 0.600 bits per heavy atom. The van der Waals surface area contributed by atoms with E-state index in [1.54, 1.807) is 0 Å². The number of esters is 2. The minimum absolute atomic E-state index is 0. The molecule has 4 nitrogen and oxygen atoms in total. The van der Waals surface area contributed by atoms with Gasteiger partial charge in [-0.3, -0.25) is 22.4 Å². The molecule has 0 aromatic rings. The number of carbonyl (C=O) groups excluding carboxylic acids is 2. The zero-order valence-corrected chi connectivity index (χ0v) is 34.8. The molecule has 0 aliphatic carbocycles. The average molecular weight is 725 g/mol. The van der Waals surface area contributed by atoms with Crippen molar-refractivity contribution < 1.29 is 38.5 Å². The summed E-state index contributed by atoms with van der Waals surface area (Å²) in [6.45, 7) is 5.66. The Morgan fingerprint density at radius 3 is 0.800 bits per heavy atom. The van der Waals surface area contributed by atoms with Crippen LogP contribution in [-0.2, 0) is 38.5 Å². The minimum atomic E-state index is -0.232. The van der Waals surface area contributed by atoms with Crippen LogP contribution in [0.3, 0.4) is 0 Å². The zero-order chi connectivity index (χ0) is 32.6. The minimum Gasteiger partial charge on any atom is -0.488 e. The molecule has 0 fully saturated rings. The van der Waals surface area contributed by atoms with E-state index in [1.165, 1.54) is 180 Å². The van der Waals surface area contributed by atoms with E-state index >= 15 is 0 Å². The molecule has 0 aromatic heterocycles. The Morgan fingerprint density at radius 1 is 0.400 bits per heavy atom. The van der Waals surface area contributed by atoms with Crippen LogP contribution in [0.5, 0.6) is 0 Å². The number of unbranched alkanes of at least 4 members (excludes halogenated alkanes) is 26. The quantitative estimate of drug-likeness (QED) is 0.0228. The van der Waals surface area contributed by atoms with Crippen molar-refractivity contribution in [2.45, 2.75) is 194 Å². The summed E-state index contributed by atoms with van der Waals surface area (Å²) in [5, 5.41) is 0. The van der Waals surface area contributed by atoms with E-state index in [0.717, 1.165) is 12.8 Å². The van der Waals surface area contributed by atoms with Gasteiger partial charge in [0.25, 0.3) is 0 Å². The topological polar surface area (TPSA) is 52.6 Å². The van der Waals surface area contributed by atoms with Gasteiger partial charge in [-0.2, -0.15) is 0 Å². The maximum atomic E-state index is 11.1. The number of ether oxygens (including phenoxy) is 2. The molecule has 0 saturated carbocycles. The molecule has 264 valence electrons. The Kier molecular flexibility index (Phi) is 50.6. The summed E-state index contributed by atoms with van der Waals surface area (Å²) in [6.07, 6.45) is 40.6. The van der Waals surface area contributed by atoms with Gasteiger partial charge in [-0.15, -0.1) is 11.5 Å². The Bertz CT molecular complexity index is 518. The van der Waals surface area contributed by atoms with E-state index in [2.05, 4.69) is 39.1 Å². The Labute approximate surface area is 305 Å². The van der Waals surface area contributed by atoms with E-state index in [0.29, 0.717) is 24.7 Å². The first-order valence-corrected chi connectivity index (χ1v) is 20.1. The van der Waals surface area contributed by atoms with Crippen LogP contribution in [0.25, 0.3) is 0 Å². The molecule has 0 aromatic carbocycles. The molecule has 45 heavy (non-hydrogen) atoms. The molecule has 0 saturated heterocycles. The van der Waals surface area contributed by atoms with Gasteiger partial charge in [0, 0.05) is 0 Å². The second kappa shape index (κ2) is 46.1. The first-order chi connectivity index (χ1) is 21.6. The van der Waals surface area contributed by atoms with Crippen molar-refractivity contribution in [3.8, 4) is 0 Å². The third-order valence-corrected chi connectivity index (χ3v) is 8.37. The molecule has 0 bridgehead atoms. The molecule has 0 radical (unpaired) electrons. The number of hydrogen-bond acceptors (Lipinski definition) is 6. The molecule has 0 atom stereocenters. The van der Waals surface area contributed by atoms with Crippen molar-refractivity contribution in [2.75, 3.05) is 24.7 Å². The fourth-order valence-corrected chi connectivity index (χ4v) is 5.50. The van der Waals surface area contributed by atoms with Crippen molar-refractivity contribution in [3.05, 3.63) is 12.8 Å². The predicted molar refractivity (Wildman–Crippen MR) is 199 cm³/mol. The molecule has 0 aliphatic heterocycles. The van der Waals surface area contributed by atoms with E-state index in [4.69, 9.17) is 9.47 Å². The average Bonchev–Trinajstić information content (AvgIpc) is 3.01. The van der Waals surface area contributed by atoms with Gasteiger partial charge in [0.1, 0.15) is 0 Å². The van der Waals surface area contributed by atoms with E-state index < -0.39 is 0 Å². The second-order valence-corrected chi connectivity index (χ2v) is 13.0. The third kappa shape index (κ3) is 48.5. The molecule has 7 heteroatoms. The Hall–Kier alpha value is 0.00338. The first-order valence-electron chi connectivity index (χ1n) is 18.8. The third-order valence-electron chi connectivity index (χ3n) is 8.00. The van der Waals surface area contributed by atoms with E-state index in [9.17, 15) is 9.59 Å². The van der Waals surface area contributed by atoms with Gasteiger partial charge in [0.2, 0.25) is 0 Å². The van der Waals surface area contributed by atoms with Crippen LogP contribution in [0.4, 0.5) is 0 Å². The van der Waals surface area contributed by atoms with Crippen LogP contribution < -0.4 is 0 Å². The fourth-order valence-electron chi connectivity index (χ4n) is 5.21. The molecule has 0 spiro atoms. The van der Waals surface area contributed by atoms with Crippen molar-refractivity contribution in [1.29, 1.82) is 0 Å².